The van der Waals surface area contributed by atoms with Crippen LogP contribution in [0.3, 0.4) is 0 Å². The zero-order valence-corrected chi connectivity index (χ0v) is 19.0. The van der Waals surface area contributed by atoms with Gasteiger partial charge in [-0.05, 0) is 36.4 Å². The SMILES string of the molecule is COc1ccc(-c2csc(NC(=O)CCc3ncc(-c4ccc(Cl)cc4)o3)n2)c(OC)c1. The lowest BCUT2D eigenvalue weighted by atomic mass is 10.1. The van der Waals surface area contributed by atoms with Crippen LogP contribution in [0.15, 0.2) is 58.5 Å². The summed E-state index contributed by atoms with van der Waals surface area (Å²) in [5.74, 6) is 2.30. The lowest BCUT2D eigenvalue weighted by molar-refractivity contribution is -0.116. The molecule has 0 fully saturated rings. The predicted molar refractivity (Wildman–Crippen MR) is 125 cm³/mol. The number of rotatable bonds is 8. The predicted octanol–water partition coefficient (Wildman–Crippen LogP) is 5.71. The molecule has 164 valence electrons. The average Bonchev–Trinajstić information content (AvgIpc) is 3.47. The quantitative estimate of drug-likeness (QED) is 0.356. The Balaban J connectivity index is 1.36. The molecule has 0 aliphatic rings. The van der Waals surface area contributed by atoms with E-state index in [4.69, 9.17) is 25.5 Å². The van der Waals surface area contributed by atoms with Crippen LogP contribution in [0.25, 0.3) is 22.6 Å². The van der Waals surface area contributed by atoms with Gasteiger partial charge in [0.2, 0.25) is 5.91 Å². The lowest BCUT2D eigenvalue weighted by Gasteiger charge is -2.08. The van der Waals surface area contributed by atoms with Crippen molar-refractivity contribution in [3.63, 3.8) is 0 Å². The highest BCUT2D eigenvalue weighted by Crippen LogP contribution is 2.34. The molecule has 2 heterocycles. The lowest BCUT2D eigenvalue weighted by Crippen LogP contribution is -2.12. The minimum absolute atomic E-state index is 0.168. The maximum absolute atomic E-state index is 12.4. The first kappa shape index (κ1) is 21.9. The number of benzene rings is 2. The highest BCUT2D eigenvalue weighted by Gasteiger charge is 2.14. The number of hydrogen-bond acceptors (Lipinski definition) is 7. The maximum atomic E-state index is 12.4. The van der Waals surface area contributed by atoms with Crippen LogP contribution in [0.1, 0.15) is 12.3 Å². The van der Waals surface area contributed by atoms with E-state index in [0.717, 1.165) is 11.1 Å². The minimum Gasteiger partial charge on any atom is -0.497 e. The Bertz CT molecular complexity index is 1220. The number of aromatic nitrogens is 2. The van der Waals surface area contributed by atoms with Gasteiger partial charge in [0.15, 0.2) is 16.8 Å². The van der Waals surface area contributed by atoms with Crippen molar-refractivity contribution < 1.29 is 18.7 Å². The Morgan fingerprint density at radius 1 is 1.16 bits per heavy atom. The molecule has 2 aromatic heterocycles. The van der Waals surface area contributed by atoms with Crippen LogP contribution in [-0.2, 0) is 11.2 Å². The van der Waals surface area contributed by atoms with Gasteiger partial charge in [-0.2, -0.15) is 0 Å². The van der Waals surface area contributed by atoms with Gasteiger partial charge in [0.1, 0.15) is 11.5 Å². The second kappa shape index (κ2) is 9.84. The molecule has 0 aliphatic heterocycles. The number of amides is 1. The van der Waals surface area contributed by atoms with Gasteiger partial charge >= 0.3 is 0 Å². The summed E-state index contributed by atoms with van der Waals surface area (Å²) in [6.07, 6.45) is 2.25. The van der Waals surface area contributed by atoms with E-state index in [1.54, 1.807) is 38.6 Å². The van der Waals surface area contributed by atoms with Crippen LogP contribution >= 0.6 is 22.9 Å². The summed E-state index contributed by atoms with van der Waals surface area (Å²) >= 11 is 7.26. The molecule has 0 saturated heterocycles. The zero-order chi connectivity index (χ0) is 22.5. The first-order chi connectivity index (χ1) is 15.6. The summed E-state index contributed by atoms with van der Waals surface area (Å²) in [4.78, 5) is 21.1. The van der Waals surface area contributed by atoms with Crippen molar-refractivity contribution in [1.29, 1.82) is 0 Å². The molecule has 1 N–H and O–H groups in total. The molecule has 32 heavy (non-hydrogen) atoms. The molecule has 0 saturated carbocycles. The number of nitrogens with zero attached hydrogens (tertiary/aromatic N) is 2. The summed E-state index contributed by atoms with van der Waals surface area (Å²) in [7, 11) is 3.19. The fourth-order valence-electron chi connectivity index (χ4n) is 3.04. The van der Waals surface area contributed by atoms with Gasteiger partial charge in [0.05, 0.1) is 26.1 Å². The van der Waals surface area contributed by atoms with Crippen molar-refractivity contribution in [2.24, 2.45) is 0 Å². The fraction of sp³-hybridized carbons (Fsp3) is 0.174. The van der Waals surface area contributed by atoms with E-state index in [0.29, 0.717) is 45.4 Å². The number of carbonyl (C=O) groups is 1. The summed E-state index contributed by atoms with van der Waals surface area (Å²) in [6.45, 7) is 0. The molecule has 0 radical (unpaired) electrons. The number of oxazole rings is 1. The Hall–Kier alpha value is -3.36. The van der Waals surface area contributed by atoms with E-state index in [1.165, 1.54) is 11.3 Å². The van der Waals surface area contributed by atoms with Gasteiger partial charge in [-0.25, -0.2) is 9.97 Å². The number of carbonyl (C=O) groups excluding carboxylic acids is 1. The number of aryl methyl sites for hydroxylation is 1. The standard InChI is InChI=1S/C23H20ClN3O4S/c1-29-16-7-8-17(19(11-16)30-2)18-13-32-23(26-18)27-21(28)9-10-22-25-12-20(31-22)14-3-5-15(24)6-4-14/h3-8,11-13H,9-10H2,1-2H3,(H,26,27,28). The molecule has 0 spiro atoms. The molecule has 2 aromatic carbocycles. The Morgan fingerprint density at radius 2 is 1.97 bits per heavy atom. The third-order valence-corrected chi connectivity index (χ3v) is 5.69. The highest BCUT2D eigenvalue weighted by molar-refractivity contribution is 7.14. The summed E-state index contributed by atoms with van der Waals surface area (Å²) in [6, 6.07) is 12.8. The number of halogens is 1. The van der Waals surface area contributed by atoms with Crippen molar-refractivity contribution in [3.05, 3.63) is 65.0 Å². The normalized spacial score (nSPS) is 10.7. The molecule has 0 bridgehead atoms. The summed E-state index contributed by atoms with van der Waals surface area (Å²) in [5, 5.41) is 5.86. The van der Waals surface area contributed by atoms with E-state index in [2.05, 4.69) is 15.3 Å². The van der Waals surface area contributed by atoms with Gasteiger partial charge < -0.3 is 19.2 Å². The molecule has 0 unspecified atom stereocenters. The molecule has 9 heteroatoms. The fourth-order valence-corrected chi connectivity index (χ4v) is 3.89. The topological polar surface area (TPSA) is 86.5 Å². The molecule has 4 aromatic rings. The van der Waals surface area contributed by atoms with Crippen LogP contribution in [-0.4, -0.2) is 30.1 Å². The zero-order valence-electron chi connectivity index (χ0n) is 17.4. The number of thiazole rings is 1. The number of ether oxygens (including phenoxy) is 2. The van der Waals surface area contributed by atoms with Crippen LogP contribution in [0, 0.1) is 0 Å². The average molecular weight is 470 g/mol. The van der Waals surface area contributed by atoms with Gasteiger partial charge in [0.25, 0.3) is 0 Å². The van der Waals surface area contributed by atoms with E-state index in [-0.39, 0.29) is 12.3 Å². The van der Waals surface area contributed by atoms with Crippen LogP contribution in [0.2, 0.25) is 5.02 Å². The Morgan fingerprint density at radius 3 is 2.72 bits per heavy atom. The summed E-state index contributed by atoms with van der Waals surface area (Å²) in [5.41, 5.74) is 2.41. The van der Waals surface area contributed by atoms with Gasteiger partial charge in [0, 0.05) is 40.4 Å². The smallest absolute Gasteiger partial charge is 0.226 e. The maximum Gasteiger partial charge on any atom is 0.226 e. The number of anilines is 1. The second-order valence-corrected chi connectivity index (χ2v) is 8.07. The first-order valence-electron chi connectivity index (χ1n) is 9.74. The van der Waals surface area contributed by atoms with Crippen molar-refractivity contribution in [3.8, 4) is 34.1 Å². The molecular formula is C23H20ClN3O4S. The molecule has 7 nitrogen and oxygen atoms in total. The number of nitrogens with one attached hydrogen (secondary N) is 1. The third kappa shape index (κ3) is 5.09. The Kier molecular flexibility index (Phi) is 6.72. The van der Waals surface area contributed by atoms with E-state index in [9.17, 15) is 4.79 Å². The monoisotopic (exact) mass is 469 g/mol. The van der Waals surface area contributed by atoms with Crippen molar-refractivity contribution in [2.45, 2.75) is 12.8 Å². The third-order valence-electron chi connectivity index (χ3n) is 4.68. The van der Waals surface area contributed by atoms with E-state index < -0.39 is 0 Å². The van der Waals surface area contributed by atoms with Gasteiger partial charge in [-0.3, -0.25) is 4.79 Å². The van der Waals surface area contributed by atoms with Gasteiger partial charge in [-0.15, -0.1) is 11.3 Å². The van der Waals surface area contributed by atoms with Crippen molar-refractivity contribution in [1.82, 2.24) is 9.97 Å². The number of hydrogen-bond donors (Lipinski definition) is 1. The highest BCUT2D eigenvalue weighted by atomic mass is 35.5. The van der Waals surface area contributed by atoms with Crippen LogP contribution < -0.4 is 14.8 Å². The number of methoxy groups -OCH3 is 2. The van der Waals surface area contributed by atoms with Crippen LogP contribution in [0.4, 0.5) is 5.13 Å². The van der Waals surface area contributed by atoms with E-state index >= 15 is 0 Å². The van der Waals surface area contributed by atoms with Crippen LogP contribution in [0.5, 0.6) is 11.5 Å². The largest absolute Gasteiger partial charge is 0.497 e. The molecule has 1 amide bonds. The first-order valence-corrected chi connectivity index (χ1v) is 11.0. The van der Waals surface area contributed by atoms with Crippen molar-refractivity contribution >= 4 is 34.0 Å². The van der Waals surface area contributed by atoms with Gasteiger partial charge in [-0.1, -0.05) is 11.6 Å². The molecule has 0 aliphatic carbocycles. The Labute approximate surface area is 194 Å². The molecule has 0 atom stereocenters. The second-order valence-electron chi connectivity index (χ2n) is 6.78. The van der Waals surface area contributed by atoms with Crippen molar-refractivity contribution in [2.75, 3.05) is 19.5 Å². The minimum atomic E-state index is -0.168. The van der Waals surface area contributed by atoms with E-state index in [1.807, 2.05) is 29.6 Å². The molecular weight excluding hydrogens is 450 g/mol. The molecule has 4 rings (SSSR count). The summed E-state index contributed by atoms with van der Waals surface area (Å²) < 4.78 is 16.4.